The number of nitrogens with one attached hydrogen (secondary N) is 1. The molecular formula is C30H44N6O3. The highest BCUT2D eigenvalue weighted by molar-refractivity contribution is 5.78. The Labute approximate surface area is 232 Å². The third-order valence-corrected chi connectivity index (χ3v) is 7.51. The number of hydrogen-bond acceptors (Lipinski definition) is 7. The summed E-state index contributed by atoms with van der Waals surface area (Å²) in [5.74, 6) is 2.85. The van der Waals surface area contributed by atoms with E-state index in [1.807, 2.05) is 30.9 Å². The molecule has 212 valence electrons. The molecule has 0 bridgehead atoms. The highest BCUT2D eigenvalue weighted by Gasteiger charge is 2.23. The van der Waals surface area contributed by atoms with Gasteiger partial charge in [0.05, 0.1) is 13.2 Å². The van der Waals surface area contributed by atoms with Crippen LogP contribution >= 0.6 is 0 Å². The van der Waals surface area contributed by atoms with Crippen molar-refractivity contribution in [2.75, 3.05) is 50.8 Å². The van der Waals surface area contributed by atoms with Gasteiger partial charge in [0.1, 0.15) is 17.4 Å². The van der Waals surface area contributed by atoms with E-state index in [1.165, 1.54) is 0 Å². The Morgan fingerprint density at radius 1 is 1.03 bits per heavy atom. The fraction of sp³-hybridized carbons (Fsp3) is 0.600. The Hall–Kier alpha value is -3.20. The van der Waals surface area contributed by atoms with Gasteiger partial charge < -0.3 is 19.9 Å². The molecule has 0 spiro atoms. The molecule has 4 rings (SSSR count). The van der Waals surface area contributed by atoms with Crippen molar-refractivity contribution in [1.82, 2.24) is 25.1 Å². The number of hydrogen-bond donors (Lipinski definition) is 1. The molecule has 1 saturated heterocycles. The molecule has 39 heavy (non-hydrogen) atoms. The second-order valence-electron chi connectivity index (χ2n) is 11.0. The molecule has 1 fully saturated rings. The number of rotatable bonds is 5. The largest absolute Gasteiger partial charge is 0.493 e. The summed E-state index contributed by atoms with van der Waals surface area (Å²) in [5.41, 5.74) is 3.16. The average Bonchev–Trinajstić information content (AvgIpc) is 2.92. The van der Waals surface area contributed by atoms with E-state index in [4.69, 9.17) is 4.74 Å². The van der Waals surface area contributed by atoms with Crippen LogP contribution < -0.4 is 15.0 Å². The van der Waals surface area contributed by atoms with Gasteiger partial charge in [-0.3, -0.25) is 14.5 Å². The summed E-state index contributed by atoms with van der Waals surface area (Å²) in [5, 5.41) is 3.05. The lowest BCUT2D eigenvalue weighted by Gasteiger charge is -2.35. The number of nitrogens with zero attached hydrogens (tertiary/aromatic N) is 5. The van der Waals surface area contributed by atoms with Crippen molar-refractivity contribution < 1.29 is 14.3 Å². The molecule has 0 saturated carbocycles. The Morgan fingerprint density at radius 3 is 2.56 bits per heavy atom. The van der Waals surface area contributed by atoms with Gasteiger partial charge in [0, 0.05) is 69.1 Å². The summed E-state index contributed by atoms with van der Waals surface area (Å²) >= 11 is 0. The van der Waals surface area contributed by atoms with Gasteiger partial charge in [0.2, 0.25) is 11.8 Å². The number of anilines is 1. The number of amides is 2. The van der Waals surface area contributed by atoms with Crippen LogP contribution in [0.1, 0.15) is 62.2 Å². The highest BCUT2D eigenvalue weighted by atomic mass is 16.5. The molecule has 0 unspecified atom stereocenters. The minimum Gasteiger partial charge on any atom is -0.493 e. The van der Waals surface area contributed by atoms with Crippen molar-refractivity contribution in [3.63, 3.8) is 0 Å². The maximum Gasteiger partial charge on any atom is 0.234 e. The molecule has 1 aromatic heterocycles. The standard InChI is InChI=1S/C30H44N6O3/c1-22(2)36-20-26-19-25(8-10-27(26)39-17-7-5-6-12-31-29(37)21-36)9-11-30(38)35-15-13-34(14-16-35)28-18-23(3)32-24(4)33-28/h8,10,18-19,22H,5-7,9,11-17,20-21H2,1-4H3,(H,31,37). The number of aromatic nitrogens is 2. The molecule has 0 radical (unpaired) electrons. The first-order chi connectivity index (χ1) is 18.8. The van der Waals surface area contributed by atoms with E-state index < -0.39 is 0 Å². The lowest BCUT2D eigenvalue weighted by Crippen LogP contribution is -2.49. The van der Waals surface area contributed by atoms with E-state index in [-0.39, 0.29) is 17.9 Å². The van der Waals surface area contributed by atoms with Gasteiger partial charge in [0.25, 0.3) is 0 Å². The Morgan fingerprint density at radius 2 is 1.82 bits per heavy atom. The predicted molar refractivity (Wildman–Crippen MR) is 153 cm³/mol. The normalized spacial score (nSPS) is 17.9. The van der Waals surface area contributed by atoms with Crippen LogP contribution in [0.15, 0.2) is 24.3 Å². The topological polar surface area (TPSA) is 90.9 Å². The van der Waals surface area contributed by atoms with E-state index in [0.717, 1.165) is 66.6 Å². The van der Waals surface area contributed by atoms with E-state index in [1.54, 1.807) is 0 Å². The summed E-state index contributed by atoms with van der Waals surface area (Å²) in [6, 6.07) is 8.50. The smallest absolute Gasteiger partial charge is 0.234 e. The van der Waals surface area contributed by atoms with Crippen LogP contribution in [0.3, 0.4) is 0 Å². The molecule has 2 aliphatic rings. The molecule has 1 aromatic carbocycles. The second kappa shape index (κ2) is 13.7. The van der Waals surface area contributed by atoms with Crippen molar-refractivity contribution in [2.24, 2.45) is 0 Å². The summed E-state index contributed by atoms with van der Waals surface area (Å²) in [6.07, 6.45) is 4.10. The zero-order valence-corrected chi connectivity index (χ0v) is 24.0. The van der Waals surface area contributed by atoms with Crippen molar-refractivity contribution >= 4 is 17.6 Å². The Bertz CT molecular complexity index is 1110. The van der Waals surface area contributed by atoms with Crippen LogP contribution in [-0.2, 0) is 22.6 Å². The first-order valence-electron chi connectivity index (χ1n) is 14.4. The lowest BCUT2D eigenvalue weighted by molar-refractivity contribution is -0.131. The molecule has 0 aliphatic carbocycles. The number of carbonyl (C=O) groups excluding carboxylic acids is 2. The van der Waals surface area contributed by atoms with E-state index in [9.17, 15) is 9.59 Å². The summed E-state index contributed by atoms with van der Waals surface area (Å²) < 4.78 is 6.17. The van der Waals surface area contributed by atoms with Gasteiger partial charge in [-0.1, -0.05) is 12.1 Å². The van der Waals surface area contributed by atoms with Crippen LogP contribution in [0.2, 0.25) is 0 Å². The SMILES string of the molecule is Cc1cc(N2CCN(C(=O)CCc3ccc4c(c3)CN(C(C)C)CC(=O)NCCCCCO4)CC2)nc(C)n1. The molecular weight excluding hydrogens is 492 g/mol. The maximum atomic E-state index is 13.1. The fourth-order valence-corrected chi connectivity index (χ4v) is 5.20. The Kier molecular flexibility index (Phi) is 10.1. The molecule has 9 heteroatoms. The van der Waals surface area contributed by atoms with Gasteiger partial charge >= 0.3 is 0 Å². The summed E-state index contributed by atoms with van der Waals surface area (Å²) in [6.45, 7) is 13.4. The maximum absolute atomic E-state index is 13.1. The van der Waals surface area contributed by atoms with Crippen LogP contribution in [0.5, 0.6) is 5.75 Å². The fourth-order valence-electron chi connectivity index (χ4n) is 5.20. The van der Waals surface area contributed by atoms with Crippen molar-refractivity contribution in [3.8, 4) is 5.75 Å². The lowest BCUT2D eigenvalue weighted by atomic mass is 10.0. The number of fused-ring (bicyclic) bond motifs is 1. The van der Waals surface area contributed by atoms with Crippen LogP contribution in [0, 0.1) is 13.8 Å². The predicted octanol–water partition coefficient (Wildman–Crippen LogP) is 3.26. The van der Waals surface area contributed by atoms with Crippen LogP contribution in [-0.4, -0.2) is 83.5 Å². The average molecular weight is 537 g/mol. The highest BCUT2D eigenvalue weighted by Crippen LogP contribution is 2.25. The van der Waals surface area contributed by atoms with Gasteiger partial charge in [-0.05, 0) is 65.0 Å². The molecule has 1 N–H and O–H groups in total. The third kappa shape index (κ3) is 8.39. The minimum atomic E-state index is 0.0669. The van der Waals surface area contributed by atoms with Gasteiger partial charge in [-0.15, -0.1) is 0 Å². The zero-order chi connectivity index (χ0) is 27.8. The summed E-state index contributed by atoms with van der Waals surface area (Å²) in [7, 11) is 0. The monoisotopic (exact) mass is 536 g/mol. The van der Waals surface area contributed by atoms with Gasteiger partial charge in [-0.2, -0.15) is 0 Å². The van der Waals surface area contributed by atoms with Crippen molar-refractivity contribution in [2.45, 2.75) is 72.4 Å². The summed E-state index contributed by atoms with van der Waals surface area (Å²) in [4.78, 5) is 40.9. The number of ether oxygens (including phenoxy) is 1. The zero-order valence-electron chi connectivity index (χ0n) is 24.0. The van der Waals surface area contributed by atoms with Crippen molar-refractivity contribution in [3.05, 3.63) is 46.9 Å². The van der Waals surface area contributed by atoms with Gasteiger partial charge in [-0.25, -0.2) is 9.97 Å². The molecule has 9 nitrogen and oxygen atoms in total. The molecule has 2 aromatic rings. The minimum absolute atomic E-state index is 0.0669. The number of piperazine rings is 1. The second-order valence-corrected chi connectivity index (χ2v) is 11.0. The van der Waals surface area contributed by atoms with Gasteiger partial charge in [0.15, 0.2) is 0 Å². The first kappa shape index (κ1) is 28.8. The van der Waals surface area contributed by atoms with E-state index in [2.05, 4.69) is 51.1 Å². The third-order valence-electron chi connectivity index (χ3n) is 7.51. The first-order valence-corrected chi connectivity index (χ1v) is 14.4. The molecule has 2 aliphatic heterocycles. The quantitative estimate of drug-likeness (QED) is 0.627. The van der Waals surface area contributed by atoms with Crippen LogP contribution in [0.25, 0.3) is 0 Å². The van der Waals surface area contributed by atoms with E-state index >= 15 is 0 Å². The molecule has 2 amide bonds. The van der Waals surface area contributed by atoms with E-state index in [0.29, 0.717) is 52.2 Å². The number of benzene rings is 1. The molecule has 0 atom stereocenters. The number of aryl methyl sites for hydroxylation is 3. The van der Waals surface area contributed by atoms with Crippen molar-refractivity contribution in [1.29, 1.82) is 0 Å². The van der Waals surface area contributed by atoms with Crippen LogP contribution in [0.4, 0.5) is 5.82 Å². The Balaban J connectivity index is 1.37. The molecule has 3 heterocycles. The number of carbonyl (C=O) groups is 2.